The van der Waals surface area contributed by atoms with Crippen LogP contribution in [-0.2, 0) is 4.74 Å². The molecule has 0 bridgehead atoms. The topological polar surface area (TPSA) is 50.3 Å². The van der Waals surface area contributed by atoms with Gasteiger partial charge in [0, 0.05) is 31.8 Å². The SMILES string of the molecule is CO[C@H]1CC[C@](C)(N2CCC(n3c(=O)[nH]c4c(F)cc(C)cc43)CC2)CC1.Cl. The van der Waals surface area contributed by atoms with Crippen LogP contribution in [0.4, 0.5) is 4.39 Å². The van der Waals surface area contributed by atoms with Gasteiger partial charge in [-0.3, -0.25) is 9.47 Å². The minimum atomic E-state index is -0.347. The standard InChI is InChI=1S/C21H30FN3O2.ClH/c1-14-12-17(22)19-18(13-14)25(20(26)23-19)15-6-10-24(11-7-15)21(2)8-4-16(27-3)5-9-21;/h12-13,15-16H,4-11H2,1-3H3,(H,23,26);1H/t16-,21-;. The van der Waals surface area contributed by atoms with Crippen molar-refractivity contribution in [1.29, 1.82) is 0 Å². The van der Waals surface area contributed by atoms with Crippen LogP contribution in [0.3, 0.4) is 0 Å². The van der Waals surface area contributed by atoms with Gasteiger partial charge in [0.1, 0.15) is 11.3 Å². The molecule has 7 heteroatoms. The molecule has 0 unspecified atom stereocenters. The van der Waals surface area contributed by atoms with E-state index in [0.29, 0.717) is 17.1 Å². The van der Waals surface area contributed by atoms with Gasteiger partial charge in [-0.15, -0.1) is 12.4 Å². The molecule has 28 heavy (non-hydrogen) atoms. The molecule has 1 aliphatic heterocycles. The lowest BCUT2D eigenvalue weighted by molar-refractivity contribution is -0.0146. The summed E-state index contributed by atoms with van der Waals surface area (Å²) in [6, 6.07) is 3.51. The molecule has 1 N–H and O–H groups in total. The number of methoxy groups -OCH3 is 1. The van der Waals surface area contributed by atoms with Crippen LogP contribution in [0.5, 0.6) is 0 Å². The van der Waals surface area contributed by atoms with Crippen LogP contribution in [0.1, 0.15) is 57.1 Å². The van der Waals surface area contributed by atoms with Gasteiger partial charge in [0.25, 0.3) is 0 Å². The molecule has 1 saturated heterocycles. The van der Waals surface area contributed by atoms with Gasteiger partial charge in [0.15, 0.2) is 0 Å². The Hall–Kier alpha value is -1.37. The number of hydrogen-bond acceptors (Lipinski definition) is 3. The number of aryl methyl sites for hydroxylation is 1. The highest BCUT2D eigenvalue weighted by molar-refractivity contribution is 5.85. The summed E-state index contributed by atoms with van der Waals surface area (Å²) >= 11 is 0. The maximum atomic E-state index is 14.2. The van der Waals surface area contributed by atoms with Gasteiger partial charge in [0.05, 0.1) is 11.6 Å². The molecule has 1 aromatic carbocycles. The van der Waals surface area contributed by atoms with Gasteiger partial charge in [-0.05, 0) is 70.1 Å². The number of halogens is 2. The van der Waals surface area contributed by atoms with Gasteiger partial charge in [-0.25, -0.2) is 9.18 Å². The van der Waals surface area contributed by atoms with Crippen molar-refractivity contribution in [1.82, 2.24) is 14.5 Å². The molecule has 1 aromatic heterocycles. The third kappa shape index (κ3) is 3.74. The van der Waals surface area contributed by atoms with Gasteiger partial charge in [-0.2, -0.15) is 0 Å². The zero-order chi connectivity index (χ0) is 19.2. The molecular formula is C21H31ClFN3O2. The van der Waals surface area contributed by atoms with Crippen LogP contribution in [0.25, 0.3) is 11.0 Å². The van der Waals surface area contributed by atoms with E-state index in [0.717, 1.165) is 57.2 Å². The second-order valence-corrected chi connectivity index (χ2v) is 8.59. The van der Waals surface area contributed by atoms with Crippen LogP contribution in [0.15, 0.2) is 16.9 Å². The number of aromatic amines is 1. The number of nitrogens with zero attached hydrogens (tertiary/aromatic N) is 2. The maximum absolute atomic E-state index is 14.2. The smallest absolute Gasteiger partial charge is 0.326 e. The first kappa shape index (κ1) is 21.3. The first-order chi connectivity index (χ1) is 12.9. The van der Waals surface area contributed by atoms with E-state index < -0.39 is 0 Å². The molecule has 0 atom stereocenters. The van der Waals surface area contributed by atoms with Crippen molar-refractivity contribution in [3.8, 4) is 0 Å². The number of hydrogen-bond donors (Lipinski definition) is 1. The molecule has 2 fully saturated rings. The predicted molar refractivity (Wildman–Crippen MR) is 112 cm³/mol. The summed E-state index contributed by atoms with van der Waals surface area (Å²) in [6.07, 6.45) is 6.80. The van der Waals surface area contributed by atoms with E-state index in [9.17, 15) is 9.18 Å². The Labute approximate surface area is 171 Å². The van der Waals surface area contributed by atoms with Crippen molar-refractivity contribution in [2.24, 2.45) is 0 Å². The lowest BCUT2D eigenvalue weighted by Crippen LogP contribution is -2.52. The van der Waals surface area contributed by atoms with Crippen molar-refractivity contribution in [2.75, 3.05) is 20.2 Å². The minimum Gasteiger partial charge on any atom is -0.381 e. The van der Waals surface area contributed by atoms with Crippen molar-refractivity contribution in [3.63, 3.8) is 0 Å². The number of aromatic nitrogens is 2. The predicted octanol–water partition coefficient (Wildman–Crippen LogP) is 4.18. The molecule has 2 heterocycles. The number of piperidine rings is 1. The Kier molecular flexibility index (Phi) is 6.23. The molecule has 0 radical (unpaired) electrons. The van der Waals surface area contributed by atoms with E-state index in [4.69, 9.17) is 4.74 Å². The van der Waals surface area contributed by atoms with Gasteiger partial charge in [-0.1, -0.05) is 0 Å². The summed E-state index contributed by atoms with van der Waals surface area (Å²) in [5.74, 6) is -0.347. The number of fused-ring (bicyclic) bond motifs is 1. The number of ether oxygens (including phenoxy) is 1. The summed E-state index contributed by atoms with van der Waals surface area (Å²) < 4.78 is 21.5. The molecule has 2 aromatic rings. The highest BCUT2D eigenvalue weighted by Crippen LogP contribution is 2.37. The van der Waals surface area contributed by atoms with Crippen molar-refractivity contribution >= 4 is 23.4 Å². The Balaban J connectivity index is 0.00000225. The molecule has 1 aliphatic carbocycles. The third-order valence-corrected chi connectivity index (χ3v) is 6.86. The van der Waals surface area contributed by atoms with Gasteiger partial charge >= 0.3 is 5.69 Å². The molecule has 0 spiro atoms. The van der Waals surface area contributed by atoms with Crippen molar-refractivity contribution in [3.05, 3.63) is 34.0 Å². The Morgan fingerprint density at radius 2 is 1.82 bits per heavy atom. The van der Waals surface area contributed by atoms with E-state index in [-0.39, 0.29) is 35.5 Å². The molecule has 4 rings (SSSR count). The minimum absolute atomic E-state index is 0. The fourth-order valence-electron chi connectivity index (χ4n) is 5.11. The van der Waals surface area contributed by atoms with E-state index >= 15 is 0 Å². The molecule has 0 amide bonds. The summed E-state index contributed by atoms with van der Waals surface area (Å²) in [5.41, 5.74) is 1.90. The average molecular weight is 412 g/mol. The van der Waals surface area contributed by atoms with Crippen LogP contribution < -0.4 is 5.69 Å². The average Bonchev–Trinajstić information content (AvgIpc) is 2.99. The molecule has 1 saturated carbocycles. The summed E-state index contributed by atoms with van der Waals surface area (Å²) in [4.78, 5) is 17.8. The van der Waals surface area contributed by atoms with Crippen molar-refractivity contribution in [2.45, 2.75) is 70.1 Å². The number of H-pyrrole nitrogens is 1. The lowest BCUT2D eigenvalue weighted by atomic mass is 9.79. The van der Waals surface area contributed by atoms with E-state index in [1.165, 1.54) is 6.07 Å². The maximum Gasteiger partial charge on any atom is 0.326 e. The number of rotatable bonds is 3. The number of benzene rings is 1. The summed E-state index contributed by atoms with van der Waals surface area (Å²) in [5, 5.41) is 0. The monoisotopic (exact) mass is 411 g/mol. The first-order valence-corrected chi connectivity index (χ1v) is 10.1. The van der Waals surface area contributed by atoms with E-state index in [1.807, 2.05) is 20.1 Å². The number of nitrogens with one attached hydrogen (secondary N) is 1. The molecular weight excluding hydrogens is 381 g/mol. The fourth-order valence-corrected chi connectivity index (χ4v) is 5.11. The normalized spacial score (nSPS) is 27.1. The second-order valence-electron chi connectivity index (χ2n) is 8.59. The quantitative estimate of drug-likeness (QED) is 0.824. The number of likely N-dealkylation sites (tertiary alicyclic amines) is 1. The lowest BCUT2D eigenvalue weighted by Gasteiger charge is -2.48. The Morgan fingerprint density at radius 3 is 2.43 bits per heavy atom. The largest absolute Gasteiger partial charge is 0.381 e. The molecule has 5 nitrogen and oxygen atoms in total. The zero-order valence-electron chi connectivity index (χ0n) is 17.0. The van der Waals surface area contributed by atoms with Gasteiger partial charge in [0.2, 0.25) is 0 Å². The first-order valence-electron chi connectivity index (χ1n) is 10.1. The Morgan fingerprint density at radius 1 is 1.18 bits per heavy atom. The van der Waals surface area contributed by atoms with Crippen LogP contribution in [0, 0.1) is 12.7 Å². The van der Waals surface area contributed by atoms with E-state index in [1.54, 1.807) is 4.57 Å². The zero-order valence-corrected chi connectivity index (χ0v) is 17.8. The second kappa shape index (κ2) is 8.17. The van der Waals surface area contributed by atoms with Crippen LogP contribution >= 0.6 is 12.4 Å². The Bertz CT molecular complexity index is 878. The molecule has 156 valence electrons. The fraction of sp³-hybridized carbons (Fsp3) is 0.667. The summed E-state index contributed by atoms with van der Waals surface area (Å²) in [7, 11) is 1.81. The summed E-state index contributed by atoms with van der Waals surface area (Å²) in [6.45, 7) is 6.19. The molecule has 2 aliphatic rings. The third-order valence-electron chi connectivity index (χ3n) is 6.86. The van der Waals surface area contributed by atoms with E-state index in [2.05, 4.69) is 16.8 Å². The highest BCUT2D eigenvalue weighted by Gasteiger charge is 2.38. The number of imidazole rings is 1. The van der Waals surface area contributed by atoms with Gasteiger partial charge < -0.3 is 9.72 Å². The van der Waals surface area contributed by atoms with Crippen molar-refractivity contribution < 1.29 is 9.13 Å². The van der Waals surface area contributed by atoms with Crippen LogP contribution in [0.2, 0.25) is 0 Å². The highest BCUT2D eigenvalue weighted by atomic mass is 35.5. The van der Waals surface area contributed by atoms with Crippen LogP contribution in [-0.4, -0.2) is 46.3 Å².